The van der Waals surface area contributed by atoms with E-state index in [-0.39, 0.29) is 11.7 Å². The second kappa shape index (κ2) is 7.58. The highest BCUT2D eigenvalue weighted by atomic mass is 19.1. The number of fused-ring (bicyclic) bond motifs is 1. The van der Waals surface area contributed by atoms with Gasteiger partial charge in [-0.25, -0.2) is 9.07 Å². The number of hydrogen-bond acceptors (Lipinski definition) is 4. The van der Waals surface area contributed by atoms with Gasteiger partial charge in [-0.15, -0.1) is 0 Å². The number of ether oxygens (including phenoxy) is 2. The summed E-state index contributed by atoms with van der Waals surface area (Å²) in [6.45, 7) is 0. The van der Waals surface area contributed by atoms with Crippen molar-refractivity contribution in [2.24, 2.45) is 0 Å². The van der Waals surface area contributed by atoms with E-state index in [1.54, 1.807) is 62.3 Å². The van der Waals surface area contributed by atoms with Gasteiger partial charge in [0, 0.05) is 30.1 Å². The van der Waals surface area contributed by atoms with Gasteiger partial charge in [0.2, 0.25) is 0 Å². The number of hydrogen-bond donors (Lipinski definition) is 0. The number of nitrogens with zero attached hydrogens (tertiary/aromatic N) is 3. The number of methoxy groups -OCH3 is 2. The van der Waals surface area contributed by atoms with Crippen molar-refractivity contribution >= 4 is 11.6 Å². The Morgan fingerprint density at radius 2 is 1.86 bits per heavy atom. The summed E-state index contributed by atoms with van der Waals surface area (Å²) < 4.78 is 26.5. The van der Waals surface area contributed by atoms with Crippen LogP contribution in [0.3, 0.4) is 0 Å². The molecule has 1 aliphatic rings. The molecule has 1 heterocycles. The van der Waals surface area contributed by atoms with Gasteiger partial charge >= 0.3 is 0 Å². The molecular weight excluding hydrogens is 373 g/mol. The van der Waals surface area contributed by atoms with E-state index in [2.05, 4.69) is 5.10 Å². The molecule has 0 radical (unpaired) electrons. The average Bonchev–Trinajstić information content (AvgIpc) is 3.35. The zero-order chi connectivity index (χ0) is 20.5. The van der Waals surface area contributed by atoms with E-state index in [4.69, 9.17) is 9.47 Å². The maximum atomic E-state index is 14.4. The zero-order valence-electron chi connectivity index (χ0n) is 16.6. The van der Waals surface area contributed by atoms with Crippen molar-refractivity contribution in [1.82, 2.24) is 9.78 Å². The fourth-order valence-corrected chi connectivity index (χ4v) is 3.74. The lowest BCUT2D eigenvalue weighted by Gasteiger charge is -2.18. The van der Waals surface area contributed by atoms with Gasteiger partial charge in [0.25, 0.3) is 5.91 Å². The van der Waals surface area contributed by atoms with Crippen LogP contribution in [0, 0.1) is 5.82 Å². The molecule has 7 heteroatoms. The van der Waals surface area contributed by atoms with Crippen LogP contribution in [-0.2, 0) is 12.8 Å². The summed E-state index contributed by atoms with van der Waals surface area (Å²) in [5.74, 6) is 0.510. The first kappa shape index (κ1) is 19.0. The Morgan fingerprint density at radius 3 is 2.59 bits per heavy atom. The molecule has 0 spiro atoms. The van der Waals surface area contributed by atoms with Gasteiger partial charge < -0.3 is 14.4 Å². The number of carbonyl (C=O) groups excluding carboxylic acids is 1. The van der Waals surface area contributed by atoms with Crippen molar-refractivity contribution in [3.63, 3.8) is 0 Å². The average molecular weight is 395 g/mol. The molecule has 0 fully saturated rings. The van der Waals surface area contributed by atoms with Gasteiger partial charge in [-0.2, -0.15) is 5.10 Å². The van der Waals surface area contributed by atoms with Crippen LogP contribution in [-0.4, -0.2) is 37.0 Å². The van der Waals surface area contributed by atoms with Crippen LogP contribution in [0.5, 0.6) is 11.5 Å². The molecule has 1 amide bonds. The molecular formula is C22H22FN3O3. The van der Waals surface area contributed by atoms with Gasteiger partial charge in [-0.1, -0.05) is 12.1 Å². The summed E-state index contributed by atoms with van der Waals surface area (Å²) in [7, 11) is 4.80. The highest BCUT2D eigenvalue weighted by molar-refractivity contribution is 6.05. The number of aromatic nitrogens is 2. The lowest BCUT2D eigenvalue weighted by Crippen LogP contribution is -2.27. The van der Waals surface area contributed by atoms with Crippen LogP contribution in [0.1, 0.15) is 28.2 Å². The van der Waals surface area contributed by atoms with Gasteiger partial charge in [0.15, 0.2) is 17.2 Å². The summed E-state index contributed by atoms with van der Waals surface area (Å²) in [5, 5.41) is 4.52. The molecule has 1 aromatic heterocycles. The van der Waals surface area contributed by atoms with Crippen molar-refractivity contribution in [3.05, 3.63) is 65.2 Å². The second-order valence-electron chi connectivity index (χ2n) is 6.89. The van der Waals surface area contributed by atoms with E-state index < -0.39 is 0 Å². The number of carbonyl (C=O) groups is 1. The van der Waals surface area contributed by atoms with Crippen molar-refractivity contribution in [2.45, 2.75) is 19.3 Å². The van der Waals surface area contributed by atoms with Crippen molar-refractivity contribution in [1.29, 1.82) is 0 Å². The fourth-order valence-electron chi connectivity index (χ4n) is 3.74. The monoisotopic (exact) mass is 395 g/mol. The fraction of sp³-hybridized carbons (Fsp3) is 0.273. The van der Waals surface area contributed by atoms with E-state index in [1.165, 1.54) is 11.0 Å². The number of rotatable bonds is 5. The Bertz CT molecular complexity index is 1080. The molecule has 0 aliphatic heterocycles. The standard InChI is InChI=1S/C22H22FN3O3/c1-25(14-11-12-19(28-2)20(13-14)29-3)22(27)21-15-7-6-10-17(15)26(24-21)18-9-5-4-8-16(18)23/h4-5,8-9,11-13H,6-7,10H2,1-3H3. The van der Waals surface area contributed by atoms with Gasteiger partial charge in [-0.05, 0) is 43.5 Å². The summed E-state index contributed by atoms with van der Waals surface area (Å²) >= 11 is 0. The van der Waals surface area contributed by atoms with E-state index in [0.717, 1.165) is 30.5 Å². The Morgan fingerprint density at radius 1 is 1.10 bits per heavy atom. The molecule has 3 aromatic rings. The molecule has 1 aliphatic carbocycles. The van der Waals surface area contributed by atoms with Gasteiger partial charge in [0.1, 0.15) is 11.5 Å². The predicted octanol–water partition coefficient (Wildman–Crippen LogP) is 3.79. The molecule has 0 saturated carbocycles. The Hall–Kier alpha value is -3.35. The highest BCUT2D eigenvalue weighted by Gasteiger charge is 2.29. The number of halogens is 1. The molecule has 0 atom stereocenters. The molecule has 0 unspecified atom stereocenters. The summed E-state index contributed by atoms with van der Waals surface area (Å²) in [6.07, 6.45) is 2.44. The smallest absolute Gasteiger partial charge is 0.278 e. The topological polar surface area (TPSA) is 56.6 Å². The van der Waals surface area contributed by atoms with Crippen LogP contribution in [0.2, 0.25) is 0 Å². The summed E-state index contributed by atoms with van der Waals surface area (Å²) in [6, 6.07) is 11.7. The molecule has 0 N–H and O–H groups in total. The third-order valence-corrected chi connectivity index (χ3v) is 5.27. The Labute approximate surface area is 168 Å². The first-order chi connectivity index (χ1) is 14.0. The van der Waals surface area contributed by atoms with Gasteiger partial charge in [-0.3, -0.25) is 4.79 Å². The SMILES string of the molecule is COc1ccc(N(C)C(=O)c2nn(-c3ccccc3F)c3c2CCC3)cc1OC. The maximum Gasteiger partial charge on any atom is 0.278 e. The van der Waals surface area contributed by atoms with Crippen molar-refractivity contribution < 1.29 is 18.7 Å². The minimum Gasteiger partial charge on any atom is -0.493 e. The molecule has 29 heavy (non-hydrogen) atoms. The Balaban J connectivity index is 1.73. The zero-order valence-corrected chi connectivity index (χ0v) is 16.6. The number of benzene rings is 2. The quantitative estimate of drug-likeness (QED) is 0.660. The summed E-state index contributed by atoms with van der Waals surface area (Å²) in [4.78, 5) is 14.8. The van der Waals surface area contributed by atoms with Crippen molar-refractivity contribution in [3.8, 4) is 17.2 Å². The first-order valence-corrected chi connectivity index (χ1v) is 9.41. The maximum absolute atomic E-state index is 14.4. The van der Waals surface area contributed by atoms with E-state index in [1.807, 2.05) is 0 Å². The van der Waals surface area contributed by atoms with Crippen LogP contribution in [0.4, 0.5) is 10.1 Å². The molecule has 0 bridgehead atoms. The first-order valence-electron chi connectivity index (χ1n) is 9.41. The third kappa shape index (κ3) is 3.22. The summed E-state index contributed by atoms with van der Waals surface area (Å²) in [5.41, 5.74) is 3.17. The molecule has 6 nitrogen and oxygen atoms in total. The van der Waals surface area contributed by atoms with E-state index >= 15 is 0 Å². The van der Waals surface area contributed by atoms with E-state index in [9.17, 15) is 9.18 Å². The molecule has 4 rings (SSSR count). The molecule has 0 saturated heterocycles. The van der Waals surface area contributed by atoms with Gasteiger partial charge in [0.05, 0.1) is 14.2 Å². The van der Waals surface area contributed by atoms with Crippen LogP contribution >= 0.6 is 0 Å². The lowest BCUT2D eigenvalue weighted by molar-refractivity contribution is 0.0987. The minimum absolute atomic E-state index is 0.245. The molecule has 150 valence electrons. The van der Waals surface area contributed by atoms with Crippen LogP contribution in [0.25, 0.3) is 5.69 Å². The Kier molecular flexibility index (Phi) is 4.96. The highest BCUT2D eigenvalue weighted by Crippen LogP contribution is 2.33. The minimum atomic E-state index is -0.364. The van der Waals surface area contributed by atoms with Crippen molar-refractivity contribution in [2.75, 3.05) is 26.2 Å². The number of amides is 1. The number of para-hydroxylation sites is 1. The third-order valence-electron chi connectivity index (χ3n) is 5.27. The predicted molar refractivity (Wildman–Crippen MR) is 108 cm³/mol. The number of anilines is 1. The van der Waals surface area contributed by atoms with Crippen LogP contribution in [0.15, 0.2) is 42.5 Å². The normalized spacial score (nSPS) is 12.6. The largest absolute Gasteiger partial charge is 0.493 e. The van der Waals surface area contributed by atoms with Crippen LogP contribution < -0.4 is 14.4 Å². The second-order valence-corrected chi connectivity index (χ2v) is 6.89. The lowest BCUT2D eigenvalue weighted by atomic mass is 10.1. The molecule has 2 aromatic carbocycles. The van der Waals surface area contributed by atoms with E-state index in [0.29, 0.717) is 28.6 Å².